The second-order valence-electron chi connectivity index (χ2n) is 9.89. The molecule has 184 valence electrons. The van der Waals surface area contributed by atoms with E-state index in [1.165, 1.54) is 16.6 Å². The SMILES string of the molecule is COc1cc2[nH]c3c(c2cc1OC)CCN1CC2C(C)OC=C(C(=O)OCCN(C)C)C2CC31. The largest absolute Gasteiger partial charge is 0.497 e. The zero-order valence-electron chi connectivity index (χ0n) is 20.7. The van der Waals surface area contributed by atoms with E-state index in [4.69, 9.17) is 18.9 Å². The van der Waals surface area contributed by atoms with Crippen molar-refractivity contribution >= 4 is 16.9 Å². The van der Waals surface area contributed by atoms with Gasteiger partial charge in [-0.1, -0.05) is 0 Å². The molecule has 1 aromatic carbocycles. The van der Waals surface area contributed by atoms with Gasteiger partial charge in [0.2, 0.25) is 0 Å². The number of piperidine rings is 1. The maximum absolute atomic E-state index is 13.0. The number of nitrogens with one attached hydrogen (secondary N) is 1. The Morgan fingerprint density at radius 2 is 2.00 bits per heavy atom. The summed E-state index contributed by atoms with van der Waals surface area (Å²) in [7, 11) is 7.27. The van der Waals surface area contributed by atoms with Crippen LogP contribution in [0.15, 0.2) is 24.0 Å². The molecule has 4 heterocycles. The van der Waals surface area contributed by atoms with Gasteiger partial charge >= 0.3 is 5.97 Å². The predicted octanol–water partition coefficient (Wildman–Crippen LogP) is 3.13. The number of aromatic nitrogens is 1. The van der Waals surface area contributed by atoms with Gasteiger partial charge in [0.25, 0.3) is 0 Å². The van der Waals surface area contributed by atoms with Crippen LogP contribution in [0, 0.1) is 11.8 Å². The Morgan fingerprint density at radius 1 is 1.24 bits per heavy atom. The van der Waals surface area contributed by atoms with Crippen LogP contribution < -0.4 is 9.47 Å². The number of nitrogens with zero attached hydrogens (tertiary/aromatic N) is 2. The third-order valence-corrected chi connectivity index (χ3v) is 7.73. The van der Waals surface area contributed by atoms with Crippen LogP contribution in [0.1, 0.15) is 30.6 Å². The van der Waals surface area contributed by atoms with Crippen LogP contribution in [0.2, 0.25) is 0 Å². The number of hydrogen-bond acceptors (Lipinski definition) is 7. The van der Waals surface area contributed by atoms with E-state index in [1.807, 2.05) is 25.1 Å². The average molecular weight is 470 g/mol. The fraction of sp³-hybridized carbons (Fsp3) is 0.577. The summed E-state index contributed by atoms with van der Waals surface area (Å²) in [6.07, 6.45) is 3.57. The molecule has 4 atom stereocenters. The van der Waals surface area contributed by atoms with E-state index >= 15 is 0 Å². The van der Waals surface area contributed by atoms with Crippen LogP contribution in [0.5, 0.6) is 11.5 Å². The Bertz CT molecular complexity index is 1110. The van der Waals surface area contributed by atoms with Crippen LogP contribution in [0.3, 0.4) is 0 Å². The topological polar surface area (TPSA) is 76.3 Å². The molecule has 0 saturated carbocycles. The van der Waals surface area contributed by atoms with Gasteiger partial charge in [0.05, 0.1) is 38.2 Å². The number of likely N-dealkylation sites (N-methyl/N-ethyl adjacent to an activating group) is 1. The number of hydrogen-bond donors (Lipinski definition) is 1. The Morgan fingerprint density at radius 3 is 2.74 bits per heavy atom. The summed E-state index contributed by atoms with van der Waals surface area (Å²) >= 11 is 0. The van der Waals surface area contributed by atoms with E-state index in [2.05, 4.69) is 22.9 Å². The molecule has 2 aromatic rings. The molecule has 0 bridgehead atoms. The monoisotopic (exact) mass is 469 g/mol. The number of benzene rings is 1. The molecule has 1 fully saturated rings. The zero-order chi connectivity index (χ0) is 24.0. The minimum absolute atomic E-state index is 0.0712. The van der Waals surface area contributed by atoms with Crippen LogP contribution in [-0.2, 0) is 20.7 Å². The lowest BCUT2D eigenvalue weighted by Gasteiger charge is -2.49. The Balaban J connectivity index is 1.45. The second-order valence-corrected chi connectivity index (χ2v) is 9.89. The minimum Gasteiger partial charge on any atom is -0.497 e. The van der Waals surface area contributed by atoms with E-state index in [0.29, 0.717) is 18.7 Å². The molecule has 0 amide bonds. The van der Waals surface area contributed by atoms with Gasteiger partial charge in [-0.3, -0.25) is 4.90 Å². The number of ether oxygens (including phenoxy) is 4. The highest BCUT2D eigenvalue weighted by Gasteiger charge is 2.47. The van der Waals surface area contributed by atoms with Crippen molar-refractivity contribution in [3.8, 4) is 11.5 Å². The molecular formula is C26H35N3O5. The number of rotatable bonds is 6. The molecule has 34 heavy (non-hydrogen) atoms. The lowest BCUT2D eigenvalue weighted by atomic mass is 9.72. The first-order chi connectivity index (χ1) is 16.4. The van der Waals surface area contributed by atoms with Crippen molar-refractivity contribution in [1.29, 1.82) is 0 Å². The summed E-state index contributed by atoms with van der Waals surface area (Å²) in [6, 6.07) is 4.32. The van der Waals surface area contributed by atoms with Gasteiger partial charge in [-0.05, 0) is 45.5 Å². The molecule has 3 aliphatic rings. The zero-order valence-corrected chi connectivity index (χ0v) is 20.7. The van der Waals surface area contributed by atoms with Crippen LogP contribution >= 0.6 is 0 Å². The molecule has 5 rings (SSSR count). The van der Waals surface area contributed by atoms with Gasteiger partial charge in [-0.15, -0.1) is 0 Å². The number of H-pyrrole nitrogens is 1. The van der Waals surface area contributed by atoms with Gasteiger partial charge in [-0.2, -0.15) is 0 Å². The lowest BCUT2D eigenvalue weighted by molar-refractivity contribution is -0.142. The van der Waals surface area contributed by atoms with Gasteiger partial charge in [-0.25, -0.2) is 4.79 Å². The van der Waals surface area contributed by atoms with Gasteiger partial charge in [0, 0.05) is 54.1 Å². The molecule has 8 nitrogen and oxygen atoms in total. The molecule has 0 aliphatic carbocycles. The number of esters is 1. The summed E-state index contributed by atoms with van der Waals surface area (Å²) in [4.78, 5) is 21.2. The summed E-state index contributed by atoms with van der Waals surface area (Å²) < 4.78 is 22.6. The minimum atomic E-state index is -0.251. The van der Waals surface area contributed by atoms with Crippen molar-refractivity contribution in [2.24, 2.45) is 11.8 Å². The normalized spacial score (nSPS) is 26.2. The standard InChI is InChI=1S/C26H35N3O5/c1-15-19-13-29-7-6-16-18-11-23(31-4)24(32-5)12-21(18)27-25(16)22(29)10-17(19)20(14-34-15)26(30)33-9-8-28(2)3/h11-12,14-15,17,19,22,27H,6-10,13H2,1-5H3. The van der Waals surface area contributed by atoms with Crippen LogP contribution in [0.25, 0.3) is 10.9 Å². The van der Waals surface area contributed by atoms with Crippen molar-refractivity contribution in [2.45, 2.75) is 31.9 Å². The molecule has 1 aromatic heterocycles. The Kier molecular flexibility index (Phi) is 6.20. The lowest BCUT2D eigenvalue weighted by Crippen LogP contribution is -2.51. The second kappa shape index (κ2) is 9.15. The molecule has 0 spiro atoms. The number of carbonyl (C=O) groups excluding carboxylic acids is 1. The number of fused-ring (bicyclic) bond motifs is 6. The van der Waals surface area contributed by atoms with Crippen LogP contribution in [0.4, 0.5) is 0 Å². The molecule has 1 N–H and O–H groups in total. The Hall–Kier alpha value is -2.71. The maximum atomic E-state index is 13.0. The van der Waals surface area contributed by atoms with E-state index in [9.17, 15) is 4.79 Å². The summed E-state index contributed by atoms with van der Waals surface area (Å²) in [5.41, 5.74) is 4.32. The molecule has 1 saturated heterocycles. The average Bonchev–Trinajstić information content (AvgIpc) is 3.20. The third-order valence-electron chi connectivity index (χ3n) is 7.73. The highest BCUT2D eigenvalue weighted by molar-refractivity contribution is 5.90. The molecular weight excluding hydrogens is 434 g/mol. The van der Waals surface area contributed by atoms with Crippen molar-refractivity contribution in [2.75, 3.05) is 54.6 Å². The van der Waals surface area contributed by atoms with E-state index in [1.54, 1.807) is 20.5 Å². The number of carbonyl (C=O) groups is 1. The van der Waals surface area contributed by atoms with Gasteiger partial charge in [0.15, 0.2) is 11.5 Å². The fourth-order valence-electron chi connectivity index (χ4n) is 5.85. The first-order valence-electron chi connectivity index (χ1n) is 12.1. The molecule has 3 aliphatic heterocycles. The van der Waals surface area contributed by atoms with Crippen molar-refractivity contribution in [1.82, 2.24) is 14.8 Å². The third kappa shape index (κ3) is 3.92. The van der Waals surface area contributed by atoms with E-state index in [-0.39, 0.29) is 30.0 Å². The highest BCUT2D eigenvalue weighted by atomic mass is 16.5. The molecule has 0 radical (unpaired) electrons. The highest BCUT2D eigenvalue weighted by Crippen LogP contribution is 2.48. The predicted molar refractivity (Wildman–Crippen MR) is 129 cm³/mol. The van der Waals surface area contributed by atoms with Gasteiger partial charge in [0.1, 0.15) is 6.61 Å². The van der Waals surface area contributed by atoms with Crippen molar-refractivity contribution in [3.05, 3.63) is 35.2 Å². The quantitative estimate of drug-likeness (QED) is 0.652. The Labute approximate surface area is 200 Å². The molecule has 8 heteroatoms. The summed E-state index contributed by atoms with van der Waals surface area (Å²) in [5, 5.41) is 1.19. The summed E-state index contributed by atoms with van der Waals surface area (Å²) in [5.74, 6) is 1.59. The van der Waals surface area contributed by atoms with E-state index in [0.717, 1.165) is 42.9 Å². The van der Waals surface area contributed by atoms with Crippen LogP contribution in [-0.4, -0.2) is 81.4 Å². The van der Waals surface area contributed by atoms with Crippen molar-refractivity contribution in [3.63, 3.8) is 0 Å². The first kappa shape index (κ1) is 23.1. The first-order valence-corrected chi connectivity index (χ1v) is 12.1. The summed E-state index contributed by atoms with van der Waals surface area (Å²) in [6.45, 7) is 5.08. The maximum Gasteiger partial charge on any atom is 0.337 e. The van der Waals surface area contributed by atoms with E-state index < -0.39 is 0 Å². The van der Waals surface area contributed by atoms with Crippen molar-refractivity contribution < 1.29 is 23.7 Å². The smallest absolute Gasteiger partial charge is 0.337 e. The number of aromatic amines is 1. The van der Waals surface area contributed by atoms with Gasteiger partial charge < -0.3 is 28.8 Å². The number of methoxy groups -OCH3 is 2. The fourth-order valence-corrected chi connectivity index (χ4v) is 5.85. The molecule has 4 unspecified atom stereocenters.